The topological polar surface area (TPSA) is 15.3 Å². The average molecular weight is 224 g/mol. The molecule has 1 rings (SSSR count). The molecule has 2 atom stereocenters. The smallest absolute Gasteiger partial charge is 0.307 e. The Balaban J connectivity index is 2.16. The van der Waals surface area contributed by atoms with Gasteiger partial charge in [-0.1, -0.05) is 6.92 Å². The van der Waals surface area contributed by atoms with E-state index in [0.29, 0.717) is 12.5 Å². The molecule has 0 amide bonds. The van der Waals surface area contributed by atoms with Crippen LogP contribution in [-0.4, -0.2) is 43.3 Å². The molecule has 2 nitrogen and oxygen atoms in total. The van der Waals surface area contributed by atoms with Gasteiger partial charge in [-0.15, -0.1) is 0 Å². The molecule has 0 aromatic carbocycles. The van der Waals surface area contributed by atoms with Gasteiger partial charge in [-0.05, 0) is 25.8 Å². The Kier molecular flexibility index (Phi) is 4.40. The number of hydrogen-bond donors (Lipinski definition) is 1. The first kappa shape index (κ1) is 12.8. The maximum absolute atomic E-state index is 11.9. The third-order valence-corrected chi connectivity index (χ3v) is 2.84. The Labute approximate surface area is 88.8 Å². The Morgan fingerprint density at radius 3 is 2.60 bits per heavy atom. The molecule has 1 aliphatic rings. The number of nitrogens with one attached hydrogen (secondary N) is 1. The zero-order chi connectivity index (χ0) is 11.5. The molecule has 0 spiro atoms. The van der Waals surface area contributed by atoms with Crippen molar-refractivity contribution >= 4 is 0 Å². The molecule has 0 saturated carbocycles. The second-order valence-electron chi connectivity index (χ2n) is 4.48. The third-order valence-electron chi connectivity index (χ3n) is 2.84. The minimum atomic E-state index is -4.10. The van der Waals surface area contributed by atoms with Crippen molar-refractivity contribution in [3.8, 4) is 0 Å². The van der Waals surface area contributed by atoms with E-state index in [1.807, 2.05) is 6.92 Å². The largest absolute Gasteiger partial charge is 0.401 e. The van der Waals surface area contributed by atoms with Gasteiger partial charge in [-0.2, -0.15) is 13.2 Å². The molecule has 1 N–H and O–H groups in total. The van der Waals surface area contributed by atoms with Crippen LogP contribution in [0.1, 0.15) is 20.3 Å². The predicted molar refractivity (Wildman–Crippen MR) is 53.7 cm³/mol. The van der Waals surface area contributed by atoms with Gasteiger partial charge < -0.3 is 5.32 Å². The van der Waals surface area contributed by atoms with Crippen LogP contribution in [0.3, 0.4) is 0 Å². The number of hydrogen-bond acceptors (Lipinski definition) is 2. The van der Waals surface area contributed by atoms with E-state index in [4.69, 9.17) is 0 Å². The van der Waals surface area contributed by atoms with Crippen molar-refractivity contribution in [2.45, 2.75) is 32.5 Å². The molecule has 0 radical (unpaired) electrons. The predicted octanol–water partition coefficient (Wildman–Crippen LogP) is 1.87. The molecule has 1 fully saturated rings. The molecule has 90 valence electrons. The highest BCUT2D eigenvalue weighted by Gasteiger charge is 2.28. The fourth-order valence-corrected chi connectivity index (χ4v) is 1.92. The molecule has 15 heavy (non-hydrogen) atoms. The zero-order valence-electron chi connectivity index (χ0n) is 9.27. The van der Waals surface area contributed by atoms with Crippen LogP contribution >= 0.6 is 0 Å². The maximum atomic E-state index is 11.9. The number of halogens is 3. The van der Waals surface area contributed by atoms with E-state index in [1.54, 1.807) is 0 Å². The van der Waals surface area contributed by atoms with Crippen LogP contribution in [0, 0.1) is 5.92 Å². The molecular formula is C10H19F3N2. The third kappa shape index (κ3) is 4.84. The highest BCUT2D eigenvalue weighted by molar-refractivity contribution is 4.78. The van der Waals surface area contributed by atoms with Crippen molar-refractivity contribution in [2.24, 2.45) is 5.92 Å². The maximum Gasteiger partial charge on any atom is 0.401 e. The Morgan fingerprint density at radius 2 is 2.13 bits per heavy atom. The van der Waals surface area contributed by atoms with Gasteiger partial charge in [0.15, 0.2) is 0 Å². The second-order valence-corrected chi connectivity index (χ2v) is 4.48. The average Bonchev–Trinajstić information content (AvgIpc) is 2.49. The van der Waals surface area contributed by atoms with Gasteiger partial charge in [-0.25, -0.2) is 0 Å². The van der Waals surface area contributed by atoms with E-state index < -0.39 is 12.7 Å². The number of rotatable bonds is 4. The first-order valence-corrected chi connectivity index (χ1v) is 5.40. The van der Waals surface area contributed by atoms with Crippen molar-refractivity contribution in [3.05, 3.63) is 0 Å². The van der Waals surface area contributed by atoms with Crippen LogP contribution in [0.25, 0.3) is 0 Å². The zero-order valence-corrected chi connectivity index (χ0v) is 9.27. The van der Waals surface area contributed by atoms with Crippen molar-refractivity contribution in [1.82, 2.24) is 10.2 Å². The van der Waals surface area contributed by atoms with E-state index in [0.717, 1.165) is 19.5 Å². The van der Waals surface area contributed by atoms with Crippen LogP contribution in [0.15, 0.2) is 0 Å². The van der Waals surface area contributed by atoms with Crippen LogP contribution in [-0.2, 0) is 0 Å². The summed E-state index contributed by atoms with van der Waals surface area (Å²) in [6, 6.07) is 0.192. The summed E-state index contributed by atoms with van der Waals surface area (Å²) in [4.78, 5) is 2.24. The fraction of sp³-hybridized carbons (Fsp3) is 1.00. The summed E-state index contributed by atoms with van der Waals surface area (Å²) in [7, 11) is 0. The minimum Gasteiger partial charge on any atom is -0.307 e. The van der Waals surface area contributed by atoms with Crippen LogP contribution in [0.4, 0.5) is 13.2 Å². The molecule has 0 aromatic heterocycles. The lowest BCUT2D eigenvalue weighted by atomic mass is 10.2. The van der Waals surface area contributed by atoms with Crippen molar-refractivity contribution < 1.29 is 13.2 Å². The lowest BCUT2D eigenvalue weighted by Crippen LogP contribution is -2.41. The van der Waals surface area contributed by atoms with Gasteiger partial charge >= 0.3 is 6.18 Å². The van der Waals surface area contributed by atoms with Gasteiger partial charge in [0.25, 0.3) is 0 Å². The molecular weight excluding hydrogens is 205 g/mol. The van der Waals surface area contributed by atoms with Crippen LogP contribution < -0.4 is 5.32 Å². The summed E-state index contributed by atoms with van der Waals surface area (Å²) >= 11 is 0. The summed E-state index contributed by atoms with van der Waals surface area (Å²) in [5, 5.41) is 2.45. The molecule has 1 aliphatic heterocycles. The molecule has 1 heterocycles. The molecule has 1 saturated heterocycles. The summed E-state index contributed by atoms with van der Waals surface area (Å²) in [5.74, 6) is 0.676. The van der Waals surface area contributed by atoms with E-state index in [1.165, 1.54) is 0 Å². The fourth-order valence-electron chi connectivity index (χ4n) is 1.92. The Hall–Kier alpha value is -0.290. The van der Waals surface area contributed by atoms with E-state index >= 15 is 0 Å². The summed E-state index contributed by atoms with van der Waals surface area (Å²) in [6.07, 6.45) is -2.94. The molecule has 0 aliphatic carbocycles. The van der Waals surface area contributed by atoms with Crippen molar-refractivity contribution in [2.75, 3.05) is 26.2 Å². The Bertz CT molecular complexity index is 194. The normalized spacial score (nSPS) is 25.8. The van der Waals surface area contributed by atoms with Crippen molar-refractivity contribution in [3.63, 3.8) is 0 Å². The highest BCUT2D eigenvalue weighted by atomic mass is 19.4. The summed E-state index contributed by atoms with van der Waals surface area (Å²) in [5.41, 5.74) is 0. The molecule has 0 aromatic rings. The lowest BCUT2D eigenvalue weighted by Gasteiger charge is -2.24. The second kappa shape index (κ2) is 5.16. The van der Waals surface area contributed by atoms with Gasteiger partial charge in [0.2, 0.25) is 0 Å². The van der Waals surface area contributed by atoms with Gasteiger partial charge in [0.1, 0.15) is 0 Å². The Morgan fingerprint density at radius 1 is 1.47 bits per heavy atom. The van der Waals surface area contributed by atoms with Crippen LogP contribution in [0.5, 0.6) is 0 Å². The SMILES string of the molecule is CC1CCN(C(C)CNCC(F)(F)F)C1. The number of likely N-dealkylation sites (tertiary alicyclic amines) is 1. The van der Waals surface area contributed by atoms with E-state index in [9.17, 15) is 13.2 Å². The van der Waals surface area contributed by atoms with Gasteiger partial charge in [-0.3, -0.25) is 4.90 Å². The molecule has 0 bridgehead atoms. The van der Waals surface area contributed by atoms with E-state index in [2.05, 4.69) is 17.1 Å². The first-order valence-electron chi connectivity index (χ1n) is 5.40. The minimum absolute atomic E-state index is 0.192. The van der Waals surface area contributed by atoms with Crippen molar-refractivity contribution in [1.29, 1.82) is 0 Å². The van der Waals surface area contributed by atoms with Gasteiger partial charge in [0.05, 0.1) is 6.54 Å². The number of alkyl halides is 3. The standard InChI is InChI=1S/C10H19F3N2/c1-8-3-4-15(6-8)9(2)5-14-7-10(11,12)13/h8-9,14H,3-7H2,1-2H3. The quantitative estimate of drug-likeness (QED) is 0.784. The molecule has 2 unspecified atom stereocenters. The van der Waals surface area contributed by atoms with Crippen LogP contribution in [0.2, 0.25) is 0 Å². The molecule has 5 heteroatoms. The van der Waals surface area contributed by atoms with Gasteiger partial charge in [0, 0.05) is 19.1 Å². The van der Waals surface area contributed by atoms with E-state index in [-0.39, 0.29) is 6.04 Å². The lowest BCUT2D eigenvalue weighted by molar-refractivity contribution is -0.125. The first-order chi connectivity index (χ1) is 6.88. The summed E-state index contributed by atoms with van der Waals surface area (Å²) in [6.45, 7) is 5.69. The summed E-state index contributed by atoms with van der Waals surface area (Å²) < 4.78 is 35.6. The monoisotopic (exact) mass is 224 g/mol. The number of nitrogens with zero attached hydrogens (tertiary/aromatic N) is 1. The highest BCUT2D eigenvalue weighted by Crippen LogP contribution is 2.17.